The van der Waals surface area contributed by atoms with E-state index in [4.69, 9.17) is 15.2 Å². The first kappa shape index (κ1) is 15.3. The van der Waals surface area contributed by atoms with Gasteiger partial charge in [-0.2, -0.15) is 0 Å². The molecule has 0 radical (unpaired) electrons. The number of methoxy groups -OCH3 is 1. The number of unbranched alkanes of at least 4 members (excludes halogenated alkanes) is 4. The van der Waals surface area contributed by atoms with Gasteiger partial charge in [0.15, 0.2) is 0 Å². The van der Waals surface area contributed by atoms with Gasteiger partial charge in [0.2, 0.25) is 0 Å². The lowest BCUT2D eigenvalue weighted by Gasteiger charge is -2.08. The van der Waals surface area contributed by atoms with E-state index in [1.165, 1.54) is 19.3 Å². The van der Waals surface area contributed by atoms with Crippen LogP contribution < -0.4 is 10.5 Å². The summed E-state index contributed by atoms with van der Waals surface area (Å²) in [6.45, 7) is 2.62. The largest absolute Gasteiger partial charge is 0.497 e. The van der Waals surface area contributed by atoms with Crippen LogP contribution in [0.15, 0.2) is 18.2 Å². The van der Waals surface area contributed by atoms with E-state index < -0.39 is 0 Å². The smallest absolute Gasteiger partial charge is 0.340 e. The number of benzene rings is 1. The minimum absolute atomic E-state index is 0.368. The molecule has 0 aromatic heterocycles. The van der Waals surface area contributed by atoms with Gasteiger partial charge >= 0.3 is 5.97 Å². The maximum absolute atomic E-state index is 11.9. The minimum atomic E-state index is -0.383. The van der Waals surface area contributed by atoms with Gasteiger partial charge in [-0.25, -0.2) is 4.79 Å². The van der Waals surface area contributed by atoms with Gasteiger partial charge in [0, 0.05) is 5.69 Å². The van der Waals surface area contributed by atoms with E-state index in [-0.39, 0.29) is 5.97 Å². The number of ether oxygens (including phenoxy) is 2. The predicted octanol–water partition coefficient (Wildman–Crippen LogP) is 3.40. The molecule has 0 unspecified atom stereocenters. The molecule has 0 spiro atoms. The Morgan fingerprint density at radius 3 is 2.63 bits per heavy atom. The quantitative estimate of drug-likeness (QED) is 0.444. The zero-order valence-corrected chi connectivity index (χ0v) is 11.8. The molecule has 4 heteroatoms. The van der Waals surface area contributed by atoms with E-state index in [0.717, 1.165) is 12.8 Å². The van der Waals surface area contributed by atoms with Gasteiger partial charge in [-0.3, -0.25) is 0 Å². The molecule has 2 N–H and O–H groups in total. The fourth-order valence-electron chi connectivity index (χ4n) is 1.79. The Kier molecular flexibility index (Phi) is 6.79. The molecule has 4 nitrogen and oxygen atoms in total. The molecule has 0 aliphatic rings. The molecule has 0 aliphatic heterocycles. The first-order valence-corrected chi connectivity index (χ1v) is 6.79. The van der Waals surface area contributed by atoms with Gasteiger partial charge in [0.05, 0.1) is 19.3 Å². The summed E-state index contributed by atoms with van der Waals surface area (Å²) in [4.78, 5) is 11.9. The molecule has 0 bridgehead atoms. The molecule has 1 rings (SSSR count). The second-order valence-corrected chi connectivity index (χ2v) is 4.50. The normalized spacial score (nSPS) is 10.2. The summed E-state index contributed by atoms with van der Waals surface area (Å²) in [7, 11) is 1.55. The Bertz CT molecular complexity index is 404. The standard InChI is InChI=1S/C15H23NO3/c1-3-4-5-6-7-10-19-15(17)13-11-12(18-2)8-9-14(13)16/h8-9,11H,3-7,10,16H2,1-2H3. The van der Waals surface area contributed by atoms with E-state index in [2.05, 4.69) is 6.92 Å². The van der Waals surface area contributed by atoms with Crippen molar-refractivity contribution in [2.45, 2.75) is 39.0 Å². The summed E-state index contributed by atoms with van der Waals surface area (Å²) in [5.41, 5.74) is 6.54. The van der Waals surface area contributed by atoms with Crippen molar-refractivity contribution < 1.29 is 14.3 Å². The van der Waals surface area contributed by atoms with E-state index in [9.17, 15) is 4.79 Å². The van der Waals surface area contributed by atoms with Crippen molar-refractivity contribution in [3.63, 3.8) is 0 Å². The molecule has 0 aliphatic carbocycles. The topological polar surface area (TPSA) is 61.5 Å². The van der Waals surface area contributed by atoms with Crippen LogP contribution in [0, 0.1) is 0 Å². The summed E-state index contributed by atoms with van der Waals surface area (Å²) in [5.74, 6) is 0.219. The van der Waals surface area contributed by atoms with E-state index in [0.29, 0.717) is 23.6 Å². The summed E-state index contributed by atoms with van der Waals surface area (Å²) >= 11 is 0. The lowest BCUT2D eigenvalue weighted by atomic mass is 10.1. The van der Waals surface area contributed by atoms with Crippen LogP contribution in [0.5, 0.6) is 5.75 Å². The summed E-state index contributed by atoms with van der Waals surface area (Å²) in [6, 6.07) is 4.97. The van der Waals surface area contributed by atoms with Crippen molar-refractivity contribution in [2.75, 3.05) is 19.5 Å². The summed E-state index contributed by atoms with van der Waals surface area (Å²) < 4.78 is 10.3. The van der Waals surface area contributed by atoms with Gasteiger partial charge < -0.3 is 15.2 Å². The van der Waals surface area contributed by atoms with Gasteiger partial charge in [0.1, 0.15) is 5.75 Å². The summed E-state index contributed by atoms with van der Waals surface area (Å²) in [6.07, 6.45) is 5.62. The van der Waals surface area contributed by atoms with E-state index in [1.807, 2.05) is 0 Å². The number of nitrogens with two attached hydrogens (primary N) is 1. The lowest BCUT2D eigenvalue weighted by molar-refractivity contribution is 0.0498. The number of rotatable bonds is 8. The average Bonchev–Trinajstić information content (AvgIpc) is 2.43. The molecule has 0 fully saturated rings. The highest BCUT2D eigenvalue weighted by molar-refractivity contribution is 5.95. The molecule has 0 saturated heterocycles. The third-order valence-corrected chi connectivity index (χ3v) is 2.96. The number of esters is 1. The highest BCUT2D eigenvalue weighted by Gasteiger charge is 2.12. The maximum atomic E-state index is 11.9. The van der Waals surface area contributed by atoms with Crippen molar-refractivity contribution in [1.29, 1.82) is 0 Å². The fourth-order valence-corrected chi connectivity index (χ4v) is 1.79. The highest BCUT2D eigenvalue weighted by Crippen LogP contribution is 2.20. The monoisotopic (exact) mass is 265 g/mol. The maximum Gasteiger partial charge on any atom is 0.340 e. The number of carbonyl (C=O) groups is 1. The third-order valence-electron chi connectivity index (χ3n) is 2.96. The predicted molar refractivity (Wildman–Crippen MR) is 76.4 cm³/mol. The zero-order chi connectivity index (χ0) is 14.1. The highest BCUT2D eigenvalue weighted by atomic mass is 16.5. The molecular weight excluding hydrogens is 242 g/mol. The minimum Gasteiger partial charge on any atom is -0.497 e. The third kappa shape index (κ3) is 5.20. The van der Waals surface area contributed by atoms with Crippen molar-refractivity contribution in [3.05, 3.63) is 23.8 Å². The molecule has 0 heterocycles. The Hall–Kier alpha value is -1.71. The van der Waals surface area contributed by atoms with Crippen LogP contribution in [0.1, 0.15) is 49.4 Å². The Morgan fingerprint density at radius 1 is 1.21 bits per heavy atom. The van der Waals surface area contributed by atoms with Crippen molar-refractivity contribution >= 4 is 11.7 Å². The molecule has 1 aromatic rings. The molecule has 19 heavy (non-hydrogen) atoms. The first-order chi connectivity index (χ1) is 9.19. The molecule has 1 aromatic carbocycles. The zero-order valence-electron chi connectivity index (χ0n) is 11.8. The van der Waals surface area contributed by atoms with Crippen LogP contribution >= 0.6 is 0 Å². The second-order valence-electron chi connectivity index (χ2n) is 4.50. The number of anilines is 1. The average molecular weight is 265 g/mol. The number of nitrogen functional groups attached to an aromatic ring is 1. The molecular formula is C15H23NO3. The van der Waals surface area contributed by atoms with Crippen molar-refractivity contribution in [1.82, 2.24) is 0 Å². The van der Waals surface area contributed by atoms with Crippen LogP contribution in [0.25, 0.3) is 0 Å². The Labute approximate surface area is 114 Å². The van der Waals surface area contributed by atoms with E-state index >= 15 is 0 Å². The molecule has 0 amide bonds. The fraction of sp³-hybridized carbons (Fsp3) is 0.533. The van der Waals surface area contributed by atoms with Crippen LogP contribution in [0.4, 0.5) is 5.69 Å². The van der Waals surface area contributed by atoms with Crippen LogP contribution in [0.2, 0.25) is 0 Å². The van der Waals surface area contributed by atoms with Crippen LogP contribution in [-0.2, 0) is 4.74 Å². The molecule has 106 valence electrons. The Morgan fingerprint density at radius 2 is 1.95 bits per heavy atom. The summed E-state index contributed by atoms with van der Waals surface area (Å²) in [5, 5.41) is 0. The van der Waals surface area contributed by atoms with Gasteiger partial charge in [-0.15, -0.1) is 0 Å². The van der Waals surface area contributed by atoms with Crippen molar-refractivity contribution in [3.8, 4) is 5.75 Å². The second kappa shape index (κ2) is 8.40. The van der Waals surface area contributed by atoms with Gasteiger partial charge in [-0.1, -0.05) is 32.6 Å². The van der Waals surface area contributed by atoms with Crippen LogP contribution in [-0.4, -0.2) is 19.7 Å². The molecule has 0 atom stereocenters. The molecule has 0 saturated carbocycles. The van der Waals surface area contributed by atoms with Gasteiger partial charge in [-0.05, 0) is 24.6 Å². The van der Waals surface area contributed by atoms with Crippen LogP contribution in [0.3, 0.4) is 0 Å². The number of hydrogen-bond acceptors (Lipinski definition) is 4. The van der Waals surface area contributed by atoms with Crippen molar-refractivity contribution in [2.24, 2.45) is 0 Å². The van der Waals surface area contributed by atoms with Gasteiger partial charge in [0.25, 0.3) is 0 Å². The number of hydrogen-bond donors (Lipinski definition) is 1. The Balaban J connectivity index is 2.40. The first-order valence-electron chi connectivity index (χ1n) is 6.79. The number of carbonyl (C=O) groups excluding carboxylic acids is 1. The van der Waals surface area contributed by atoms with E-state index in [1.54, 1.807) is 25.3 Å². The SMILES string of the molecule is CCCCCCCOC(=O)c1cc(OC)ccc1N. The lowest BCUT2D eigenvalue weighted by Crippen LogP contribution is -2.09.